The van der Waals surface area contributed by atoms with Gasteiger partial charge in [-0.05, 0) is 56.2 Å². The Hall–Kier alpha value is -1.00. The first-order chi connectivity index (χ1) is 10.2. The number of nitrogens with one attached hydrogen (secondary N) is 1. The smallest absolute Gasteiger partial charge is 0.306 e. The van der Waals surface area contributed by atoms with Crippen molar-refractivity contribution in [3.63, 3.8) is 0 Å². The van der Waals surface area contributed by atoms with E-state index in [1.165, 1.54) is 16.9 Å². The number of hydrogen-bond donors (Lipinski definition) is 2. The van der Waals surface area contributed by atoms with Gasteiger partial charge in [0, 0.05) is 16.7 Å². The van der Waals surface area contributed by atoms with E-state index in [1.54, 1.807) is 0 Å². The number of rotatable bonds is 5. The van der Waals surface area contributed by atoms with Crippen molar-refractivity contribution in [2.75, 3.05) is 13.1 Å². The van der Waals surface area contributed by atoms with Crippen LogP contribution in [0.5, 0.6) is 0 Å². The molecule has 0 bridgehead atoms. The second-order valence-corrected chi connectivity index (χ2v) is 7.61. The third-order valence-corrected chi connectivity index (χ3v) is 6.03. The Morgan fingerprint density at radius 1 is 1.19 bits per heavy atom. The molecule has 0 spiro atoms. The van der Waals surface area contributed by atoms with Crippen molar-refractivity contribution >= 4 is 17.7 Å². The van der Waals surface area contributed by atoms with E-state index in [0.29, 0.717) is 11.2 Å². The zero-order valence-electron chi connectivity index (χ0n) is 12.3. The molecule has 0 saturated heterocycles. The number of carboxylic acid groups (broad SMARTS) is 1. The van der Waals surface area contributed by atoms with E-state index in [9.17, 15) is 4.79 Å². The van der Waals surface area contributed by atoms with Crippen molar-refractivity contribution in [2.45, 2.75) is 42.2 Å². The van der Waals surface area contributed by atoms with Crippen molar-refractivity contribution in [3.05, 3.63) is 29.8 Å². The second-order valence-electron chi connectivity index (χ2n) is 6.27. The van der Waals surface area contributed by atoms with E-state index in [4.69, 9.17) is 5.11 Å². The minimum absolute atomic E-state index is 0.0962. The minimum atomic E-state index is -0.610. The zero-order chi connectivity index (χ0) is 14.7. The first-order valence-corrected chi connectivity index (χ1v) is 8.78. The molecule has 0 aromatic heterocycles. The summed E-state index contributed by atoms with van der Waals surface area (Å²) in [6.45, 7) is 2.10. The van der Waals surface area contributed by atoms with Crippen LogP contribution in [0.3, 0.4) is 0 Å². The molecule has 21 heavy (non-hydrogen) atoms. The molecule has 1 aromatic carbocycles. The largest absolute Gasteiger partial charge is 0.481 e. The molecule has 3 nitrogen and oxygen atoms in total. The third kappa shape index (κ3) is 3.80. The molecule has 114 valence electrons. The monoisotopic (exact) mass is 305 g/mol. The summed E-state index contributed by atoms with van der Waals surface area (Å²) in [5, 5.41) is 13.3. The van der Waals surface area contributed by atoms with Gasteiger partial charge in [-0.3, -0.25) is 4.79 Å². The maximum atomic E-state index is 10.9. The van der Waals surface area contributed by atoms with Gasteiger partial charge in [-0.15, -0.1) is 11.8 Å². The number of benzene rings is 1. The summed E-state index contributed by atoms with van der Waals surface area (Å²) >= 11 is 1.99. The molecule has 1 unspecified atom stereocenters. The number of carboxylic acids is 1. The van der Waals surface area contributed by atoms with E-state index in [-0.39, 0.29) is 5.92 Å². The highest BCUT2D eigenvalue weighted by Gasteiger charge is 2.26. The SMILES string of the molecule is O=C(O)C1CCC(CNCC2Cc3ccccc3S2)CC1. The molecule has 1 aromatic rings. The van der Waals surface area contributed by atoms with Crippen LogP contribution >= 0.6 is 11.8 Å². The van der Waals surface area contributed by atoms with Crippen LogP contribution in [0.25, 0.3) is 0 Å². The molecule has 1 aliphatic carbocycles. The molecule has 1 heterocycles. The van der Waals surface area contributed by atoms with Gasteiger partial charge >= 0.3 is 5.97 Å². The summed E-state index contributed by atoms with van der Waals surface area (Å²) in [7, 11) is 0. The number of thioether (sulfide) groups is 1. The standard InChI is InChI=1S/C17H23NO2S/c19-17(20)13-7-5-12(6-8-13)10-18-11-15-9-14-3-1-2-4-16(14)21-15/h1-4,12-13,15,18H,5-11H2,(H,19,20). The summed E-state index contributed by atoms with van der Waals surface area (Å²) in [5.74, 6) is -0.0444. The zero-order valence-corrected chi connectivity index (χ0v) is 13.1. The molecular weight excluding hydrogens is 282 g/mol. The normalized spacial score (nSPS) is 28.3. The first kappa shape index (κ1) is 14.9. The lowest BCUT2D eigenvalue weighted by Gasteiger charge is -2.26. The first-order valence-electron chi connectivity index (χ1n) is 7.90. The van der Waals surface area contributed by atoms with Gasteiger partial charge in [-0.25, -0.2) is 0 Å². The summed E-state index contributed by atoms with van der Waals surface area (Å²) in [4.78, 5) is 12.4. The molecule has 1 atom stereocenters. The molecule has 1 aliphatic heterocycles. The van der Waals surface area contributed by atoms with Gasteiger partial charge in [0.15, 0.2) is 0 Å². The van der Waals surface area contributed by atoms with Crippen LogP contribution in [0.15, 0.2) is 29.2 Å². The van der Waals surface area contributed by atoms with Crippen molar-refractivity contribution in [1.82, 2.24) is 5.32 Å². The van der Waals surface area contributed by atoms with Gasteiger partial charge in [0.25, 0.3) is 0 Å². The third-order valence-electron chi connectivity index (χ3n) is 4.71. The maximum absolute atomic E-state index is 10.9. The lowest BCUT2D eigenvalue weighted by atomic mass is 9.82. The predicted molar refractivity (Wildman–Crippen MR) is 85.7 cm³/mol. The lowest BCUT2D eigenvalue weighted by Crippen LogP contribution is -2.32. The van der Waals surface area contributed by atoms with Crippen LogP contribution < -0.4 is 5.32 Å². The minimum Gasteiger partial charge on any atom is -0.481 e. The van der Waals surface area contributed by atoms with Gasteiger partial charge in [-0.1, -0.05) is 18.2 Å². The van der Waals surface area contributed by atoms with Gasteiger partial charge in [-0.2, -0.15) is 0 Å². The fraction of sp³-hybridized carbons (Fsp3) is 0.588. The van der Waals surface area contributed by atoms with Gasteiger partial charge in [0.05, 0.1) is 5.92 Å². The Morgan fingerprint density at radius 3 is 2.67 bits per heavy atom. The Bertz CT molecular complexity index is 472. The highest BCUT2D eigenvalue weighted by atomic mass is 32.2. The average molecular weight is 305 g/mol. The summed E-state index contributed by atoms with van der Waals surface area (Å²) in [6.07, 6.45) is 4.99. The molecule has 2 N–H and O–H groups in total. The van der Waals surface area contributed by atoms with Crippen molar-refractivity contribution in [2.24, 2.45) is 11.8 Å². The van der Waals surface area contributed by atoms with Gasteiger partial charge < -0.3 is 10.4 Å². The number of fused-ring (bicyclic) bond motifs is 1. The Labute approximate surface area is 130 Å². The molecular formula is C17H23NO2S. The second kappa shape index (κ2) is 6.84. The summed E-state index contributed by atoms with van der Waals surface area (Å²) in [5.41, 5.74) is 1.48. The van der Waals surface area contributed by atoms with Crippen molar-refractivity contribution < 1.29 is 9.90 Å². The molecule has 0 amide bonds. The number of carbonyl (C=O) groups is 1. The highest BCUT2D eigenvalue weighted by Crippen LogP contribution is 2.36. The summed E-state index contributed by atoms with van der Waals surface area (Å²) in [6, 6.07) is 8.68. The van der Waals surface area contributed by atoms with Crippen LogP contribution in [-0.2, 0) is 11.2 Å². The molecule has 0 radical (unpaired) electrons. The highest BCUT2D eigenvalue weighted by molar-refractivity contribution is 8.00. The fourth-order valence-corrected chi connectivity index (χ4v) is 4.71. The van der Waals surface area contributed by atoms with Gasteiger partial charge in [0.2, 0.25) is 0 Å². The van der Waals surface area contributed by atoms with Gasteiger partial charge in [0.1, 0.15) is 0 Å². The Kier molecular flexibility index (Phi) is 4.86. The lowest BCUT2D eigenvalue weighted by molar-refractivity contribution is -0.143. The molecule has 4 heteroatoms. The molecule has 3 rings (SSSR count). The summed E-state index contributed by atoms with van der Waals surface area (Å²) < 4.78 is 0. The van der Waals surface area contributed by atoms with Crippen molar-refractivity contribution in [1.29, 1.82) is 0 Å². The van der Waals surface area contributed by atoms with E-state index >= 15 is 0 Å². The van der Waals surface area contributed by atoms with Crippen LogP contribution in [0.2, 0.25) is 0 Å². The topological polar surface area (TPSA) is 49.3 Å². The fourth-order valence-electron chi connectivity index (χ4n) is 3.43. The number of aliphatic carboxylic acids is 1. The maximum Gasteiger partial charge on any atom is 0.306 e. The van der Waals surface area contributed by atoms with Crippen LogP contribution in [-0.4, -0.2) is 29.4 Å². The van der Waals surface area contributed by atoms with Crippen LogP contribution in [0.1, 0.15) is 31.2 Å². The Balaban J connectivity index is 1.36. The molecule has 2 aliphatic rings. The average Bonchev–Trinajstić information content (AvgIpc) is 2.90. The van der Waals surface area contributed by atoms with E-state index in [0.717, 1.165) is 38.8 Å². The quantitative estimate of drug-likeness (QED) is 0.877. The van der Waals surface area contributed by atoms with E-state index in [2.05, 4.69) is 29.6 Å². The predicted octanol–water partition coefficient (Wildman–Crippen LogP) is 3.18. The van der Waals surface area contributed by atoms with Crippen LogP contribution in [0.4, 0.5) is 0 Å². The molecule has 1 saturated carbocycles. The molecule has 1 fully saturated rings. The van der Waals surface area contributed by atoms with Crippen LogP contribution in [0, 0.1) is 11.8 Å². The van der Waals surface area contributed by atoms with E-state index < -0.39 is 5.97 Å². The number of hydrogen-bond acceptors (Lipinski definition) is 3. The van der Waals surface area contributed by atoms with E-state index in [1.807, 2.05) is 11.8 Å². The Morgan fingerprint density at radius 2 is 1.95 bits per heavy atom. The van der Waals surface area contributed by atoms with Crippen molar-refractivity contribution in [3.8, 4) is 0 Å².